The van der Waals surface area contributed by atoms with Gasteiger partial charge in [0.2, 0.25) is 5.88 Å². The molecule has 12 heteroatoms. The van der Waals surface area contributed by atoms with Crippen molar-refractivity contribution in [3.8, 4) is 22.8 Å². The lowest BCUT2D eigenvalue weighted by Gasteiger charge is -2.17. The zero-order chi connectivity index (χ0) is 27.6. The molecule has 0 atom stereocenters. The molecule has 0 radical (unpaired) electrons. The molecule has 0 unspecified atom stereocenters. The van der Waals surface area contributed by atoms with Gasteiger partial charge in [-0.15, -0.1) is 0 Å². The number of ether oxygens (including phenoxy) is 2. The molecule has 39 heavy (non-hydrogen) atoms. The van der Waals surface area contributed by atoms with Crippen LogP contribution in [0.3, 0.4) is 0 Å². The smallest absolute Gasteiger partial charge is 0.264 e. The maximum atomic E-state index is 14.3. The number of hydrogen-bond acceptors (Lipinski definition) is 8. The Hall–Kier alpha value is -3.90. The number of nitrogens with one attached hydrogen (secondary N) is 1. The second-order valence-corrected chi connectivity index (χ2v) is 10.8. The van der Waals surface area contributed by atoms with E-state index < -0.39 is 26.6 Å². The van der Waals surface area contributed by atoms with Crippen molar-refractivity contribution in [2.45, 2.75) is 24.7 Å². The number of fused-ring (bicyclic) bond motifs is 1. The van der Waals surface area contributed by atoms with Crippen LogP contribution >= 0.6 is 0 Å². The molecule has 4 aromatic rings. The van der Waals surface area contributed by atoms with Crippen molar-refractivity contribution < 1.29 is 26.7 Å². The molecule has 5 rings (SSSR count). The third-order valence-electron chi connectivity index (χ3n) is 6.57. The van der Waals surface area contributed by atoms with E-state index in [4.69, 9.17) is 9.47 Å². The first-order chi connectivity index (χ1) is 18.7. The monoisotopic (exact) mass is 555 g/mol. The second-order valence-electron chi connectivity index (χ2n) is 9.19. The number of hydrogen-bond donors (Lipinski definition) is 1. The van der Waals surface area contributed by atoms with Crippen molar-refractivity contribution in [2.75, 3.05) is 38.1 Å². The summed E-state index contributed by atoms with van der Waals surface area (Å²) in [6.07, 6.45) is 5.40. The summed E-state index contributed by atoms with van der Waals surface area (Å²) in [5, 5.41) is 0.775. The number of aromatic nitrogens is 3. The Morgan fingerprint density at radius 2 is 1.82 bits per heavy atom. The number of rotatable bonds is 9. The van der Waals surface area contributed by atoms with Crippen LogP contribution in [0.1, 0.15) is 18.5 Å². The van der Waals surface area contributed by atoms with Crippen molar-refractivity contribution in [1.29, 1.82) is 0 Å². The molecular formula is C27H27F2N5O4S. The lowest BCUT2D eigenvalue weighted by atomic mass is 10.0. The van der Waals surface area contributed by atoms with Crippen molar-refractivity contribution in [2.24, 2.45) is 0 Å². The van der Waals surface area contributed by atoms with Crippen molar-refractivity contribution >= 4 is 26.6 Å². The molecule has 3 heterocycles. The fraction of sp³-hybridized carbons (Fsp3) is 0.296. The Kier molecular flexibility index (Phi) is 7.58. The third kappa shape index (κ3) is 5.76. The van der Waals surface area contributed by atoms with Crippen LogP contribution < -0.4 is 14.2 Å². The number of halogens is 2. The standard InChI is InChI=1S/C27H27F2N5O4S/c1-17-21-11-18(13-24(26(21)32-16-31-17)38-10-9-34-7-3-4-8-34)19-12-23(27(37-2)30-15-19)33-39(35,36)25-6-5-20(28)14-22(25)29/h5-6,11-16,33H,3-4,7-10H2,1-2H3. The molecule has 2 aromatic heterocycles. The number of anilines is 1. The molecule has 0 aliphatic carbocycles. The topological polar surface area (TPSA) is 107 Å². The van der Waals surface area contributed by atoms with E-state index in [2.05, 4.69) is 24.6 Å². The van der Waals surface area contributed by atoms with Crippen molar-refractivity contribution in [1.82, 2.24) is 19.9 Å². The molecule has 0 saturated carbocycles. The van der Waals surface area contributed by atoms with E-state index in [-0.39, 0.29) is 11.6 Å². The van der Waals surface area contributed by atoms with E-state index in [1.807, 2.05) is 19.1 Å². The number of sulfonamides is 1. The maximum Gasteiger partial charge on any atom is 0.264 e. The average molecular weight is 556 g/mol. The van der Waals surface area contributed by atoms with E-state index in [9.17, 15) is 17.2 Å². The predicted molar refractivity (Wildman–Crippen MR) is 142 cm³/mol. The van der Waals surface area contributed by atoms with Gasteiger partial charge in [-0.1, -0.05) is 0 Å². The molecule has 1 fully saturated rings. The van der Waals surface area contributed by atoms with Crippen LogP contribution in [0.2, 0.25) is 0 Å². The summed E-state index contributed by atoms with van der Waals surface area (Å²) in [6.45, 7) is 5.26. The number of methoxy groups -OCH3 is 1. The highest BCUT2D eigenvalue weighted by molar-refractivity contribution is 7.92. The summed E-state index contributed by atoms with van der Waals surface area (Å²) in [4.78, 5) is 14.6. The predicted octanol–water partition coefficient (Wildman–Crippen LogP) is 4.56. The van der Waals surface area contributed by atoms with Gasteiger partial charge in [-0.05, 0) is 68.8 Å². The highest BCUT2D eigenvalue weighted by Gasteiger charge is 2.23. The molecule has 0 bridgehead atoms. The van der Waals surface area contributed by atoms with E-state index >= 15 is 0 Å². The molecule has 0 spiro atoms. The SMILES string of the molecule is COc1ncc(-c2cc(OCCN3CCCC3)c3ncnc(C)c3c2)cc1NS(=O)(=O)c1ccc(F)cc1F. The maximum absolute atomic E-state index is 14.3. The first-order valence-corrected chi connectivity index (χ1v) is 13.9. The zero-order valence-electron chi connectivity index (χ0n) is 21.4. The first-order valence-electron chi connectivity index (χ1n) is 12.4. The molecule has 2 aromatic carbocycles. The van der Waals surface area contributed by atoms with Crippen LogP contribution in [0.25, 0.3) is 22.0 Å². The largest absolute Gasteiger partial charge is 0.490 e. The fourth-order valence-corrected chi connectivity index (χ4v) is 5.67. The van der Waals surface area contributed by atoms with Gasteiger partial charge in [-0.3, -0.25) is 9.62 Å². The van der Waals surface area contributed by atoms with E-state index in [1.54, 1.807) is 0 Å². The number of nitrogens with zero attached hydrogens (tertiary/aromatic N) is 4. The number of likely N-dealkylation sites (tertiary alicyclic amines) is 1. The average Bonchev–Trinajstić information content (AvgIpc) is 3.42. The summed E-state index contributed by atoms with van der Waals surface area (Å²) < 4.78 is 67.3. The number of pyridine rings is 1. The second kappa shape index (κ2) is 11.1. The highest BCUT2D eigenvalue weighted by Crippen LogP contribution is 2.35. The van der Waals surface area contributed by atoms with Crippen molar-refractivity contribution in [3.05, 3.63) is 66.3 Å². The third-order valence-corrected chi connectivity index (χ3v) is 7.97. The van der Waals surface area contributed by atoms with Gasteiger partial charge < -0.3 is 9.47 Å². The summed E-state index contributed by atoms with van der Waals surface area (Å²) >= 11 is 0. The molecule has 1 aliphatic heterocycles. The Balaban J connectivity index is 1.51. The fourth-order valence-electron chi connectivity index (χ4n) is 4.57. The van der Waals surface area contributed by atoms with Gasteiger partial charge >= 0.3 is 0 Å². The quantitative estimate of drug-likeness (QED) is 0.320. The molecule has 9 nitrogen and oxygen atoms in total. The van der Waals surface area contributed by atoms with Crippen LogP contribution in [0.5, 0.6) is 11.6 Å². The van der Waals surface area contributed by atoms with Crippen LogP contribution in [0.15, 0.2) is 53.8 Å². The molecule has 1 aliphatic rings. The normalized spacial score (nSPS) is 14.1. The Bertz CT molecular complexity index is 1630. The molecular weight excluding hydrogens is 528 g/mol. The zero-order valence-corrected chi connectivity index (χ0v) is 22.3. The van der Waals surface area contributed by atoms with Gasteiger partial charge in [0, 0.05) is 35.5 Å². The van der Waals surface area contributed by atoms with Gasteiger partial charge in [0.05, 0.1) is 7.11 Å². The van der Waals surface area contributed by atoms with E-state index in [0.717, 1.165) is 42.8 Å². The Morgan fingerprint density at radius 3 is 2.56 bits per heavy atom. The molecule has 0 amide bonds. The Labute approximate surface area is 224 Å². The lowest BCUT2D eigenvalue weighted by molar-refractivity contribution is 0.239. The highest BCUT2D eigenvalue weighted by atomic mass is 32.2. The first kappa shape index (κ1) is 26.7. The summed E-state index contributed by atoms with van der Waals surface area (Å²) in [5.74, 6) is -1.56. The van der Waals surface area contributed by atoms with Gasteiger partial charge in [-0.25, -0.2) is 32.2 Å². The minimum Gasteiger partial charge on any atom is -0.490 e. The molecule has 1 saturated heterocycles. The summed E-state index contributed by atoms with van der Waals surface area (Å²) in [7, 11) is -3.09. The van der Waals surface area contributed by atoms with Crippen LogP contribution in [-0.2, 0) is 10.0 Å². The summed E-state index contributed by atoms with van der Waals surface area (Å²) in [5.41, 5.74) is 2.63. The molecule has 204 valence electrons. The summed E-state index contributed by atoms with van der Waals surface area (Å²) in [6, 6.07) is 7.45. The minimum atomic E-state index is -4.42. The van der Waals surface area contributed by atoms with E-state index in [0.29, 0.717) is 35.1 Å². The van der Waals surface area contributed by atoms with Crippen molar-refractivity contribution in [3.63, 3.8) is 0 Å². The van der Waals surface area contributed by atoms with Gasteiger partial charge in [0.25, 0.3) is 10.0 Å². The van der Waals surface area contributed by atoms with Gasteiger partial charge in [-0.2, -0.15) is 0 Å². The van der Waals surface area contributed by atoms with Gasteiger partial charge in [0.15, 0.2) is 0 Å². The Morgan fingerprint density at radius 1 is 1.03 bits per heavy atom. The lowest BCUT2D eigenvalue weighted by Crippen LogP contribution is -2.25. The minimum absolute atomic E-state index is 0.0173. The van der Waals surface area contributed by atoms with Crippen LogP contribution in [-0.4, -0.2) is 61.6 Å². The molecule has 1 N–H and O–H groups in total. The van der Waals surface area contributed by atoms with E-state index in [1.165, 1.54) is 38.5 Å². The number of aryl methyl sites for hydroxylation is 1. The van der Waals surface area contributed by atoms with Crippen LogP contribution in [0, 0.1) is 18.6 Å². The van der Waals surface area contributed by atoms with Crippen LogP contribution in [0.4, 0.5) is 14.5 Å². The van der Waals surface area contributed by atoms with Gasteiger partial charge in [0.1, 0.15) is 46.4 Å². The number of benzene rings is 2.